The molecule has 5 nitrogen and oxygen atoms in total. The minimum atomic E-state index is 0.0563. The number of carbonyl (C=O) groups is 2. The molecule has 0 radical (unpaired) electrons. The fourth-order valence-electron chi connectivity index (χ4n) is 2.98. The molecule has 1 aliphatic heterocycles. The molecule has 1 aliphatic rings. The van der Waals surface area contributed by atoms with Crippen molar-refractivity contribution in [2.75, 3.05) is 33.7 Å². The highest BCUT2D eigenvalue weighted by molar-refractivity contribution is 5.79. The molecule has 0 aromatic heterocycles. The van der Waals surface area contributed by atoms with Crippen molar-refractivity contribution in [3.05, 3.63) is 35.4 Å². The quantitative estimate of drug-likeness (QED) is 0.863. The molecule has 23 heavy (non-hydrogen) atoms. The maximum absolute atomic E-state index is 12.4. The van der Waals surface area contributed by atoms with Crippen LogP contribution in [0.1, 0.15) is 24.0 Å². The molecule has 0 saturated carbocycles. The van der Waals surface area contributed by atoms with Crippen LogP contribution in [0.4, 0.5) is 0 Å². The number of nitrogens with one attached hydrogen (secondary N) is 1. The molecule has 1 saturated heterocycles. The Balaban J connectivity index is 1.78. The lowest BCUT2D eigenvalue weighted by molar-refractivity contribution is -0.131. The zero-order valence-corrected chi connectivity index (χ0v) is 14.3. The third-order valence-corrected chi connectivity index (χ3v) is 4.37. The average Bonchev–Trinajstić information content (AvgIpc) is 2.98. The number of likely N-dealkylation sites (N-methyl/N-ethyl adjacent to an activating group) is 1. The molecule has 2 amide bonds. The van der Waals surface area contributed by atoms with Crippen LogP contribution in [0.25, 0.3) is 0 Å². The fraction of sp³-hybridized carbons (Fsp3) is 0.556. The Kier molecular flexibility index (Phi) is 6.16. The Bertz CT molecular complexity index is 542. The third-order valence-electron chi connectivity index (χ3n) is 4.37. The molecule has 126 valence electrons. The molecule has 0 unspecified atom stereocenters. The number of aryl methyl sites for hydroxylation is 1. The molecule has 0 aliphatic carbocycles. The first kappa shape index (κ1) is 17.5. The van der Waals surface area contributed by atoms with Crippen molar-refractivity contribution >= 4 is 11.8 Å². The lowest BCUT2D eigenvalue weighted by Crippen LogP contribution is -2.37. The first-order valence-corrected chi connectivity index (χ1v) is 8.20. The minimum absolute atomic E-state index is 0.0563. The van der Waals surface area contributed by atoms with Crippen molar-refractivity contribution in [3.63, 3.8) is 0 Å². The van der Waals surface area contributed by atoms with E-state index in [2.05, 4.69) is 36.5 Å². The van der Waals surface area contributed by atoms with Gasteiger partial charge in [0, 0.05) is 33.1 Å². The van der Waals surface area contributed by atoms with Crippen molar-refractivity contribution in [2.24, 2.45) is 5.92 Å². The highest BCUT2D eigenvalue weighted by atomic mass is 16.2. The lowest BCUT2D eigenvalue weighted by atomic mass is 10.1. The summed E-state index contributed by atoms with van der Waals surface area (Å²) in [5.41, 5.74) is 2.46. The van der Waals surface area contributed by atoms with Gasteiger partial charge in [0.2, 0.25) is 11.8 Å². The Morgan fingerprint density at radius 2 is 2.00 bits per heavy atom. The molecule has 5 heteroatoms. The van der Waals surface area contributed by atoms with Crippen LogP contribution < -0.4 is 5.32 Å². The molecule has 1 heterocycles. The second kappa shape index (κ2) is 8.11. The molecular formula is C18H27N3O2. The molecule has 2 rings (SSSR count). The van der Waals surface area contributed by atoms with Crippen LogP contribution in [0.3, 0.4) is 0 Å². The predicted octanol–water partition coefficient (Wildman–Crippen LogP) is 1.41. The number of likely N-dealkylation sites (tertiary alicyclic amines) is 1. The van der Waals surface area contributed by atoms with Gasteiger partial charge in [0.25, 0.3) is 0 Å². The van der Waals surface area contributed by atoms with Crippen molar-refractivity contribution in [1.29, 1.82) is 0 Å². The van der Waals surface area contributed by atoms with Gasteiger partial charge in [0.05, 0.1) is 6.54 Å². The van der Waals surface area contributed by atoms with Crippen LogP contribution in [0.15, 0.2) is 24.3 Å². The van der Waals surface area contributed by atoms with Crippen molar-refractivity contribution in [3.8, 4) is 0 Å². The zero-order valence-electron chi connectivity index (χ0n) is 14.3. The number of nitrogens with zero attached hydrogens (tertiary/aromatic N) is 2. The summed E-state index contributed by atoms with van der Waals surface area (Å²) in [6.07, 6.45) is 1.43. The fourth-order valence-corrected chi connectivity index (χ4v) is 2.98. The van der Waals surface area contributed by atoms with Gasteiger partial charge in [0.1, 0.15) is 0 Å². The van der Waals surface area contributed by atoms with Crippen LogP contribution in [-0.2, 0) is 16.1 Å². The van der Waals surface area contributed by atoms with E-state index in [-0.39, 0.29) is 11.8 Å². The van der Waals surface area contributed by atoms with Crippen LogP contribution >= 0.6 is 0 Å². The maximum Gasteiger partial charge on any atom is 0.236 e. The molecule has 0 spiro atoms. The van der Waals surface area contributed by atoms with Gasteiger partial charge in [-0.3, -0.25) is 14.5 Å². The van der Waals surface area contributed by atoms with Gasteiger partial charge in [-0.2, -0.15) is 0 Å². The van der Waals surface area contributed by atoms with E-state index in [9.17, 15) is 9.59 Å². The second-order valence-electron chi connectivity index (χ2n) is 6.53. The van der Waals surface area contributed by atoms with E-state index in [1.54, 1.807) is 7.05 Å². The lowest BCUT2D eigenvalue weighted by Gasteiger charge is -2.21. The molecule has 1 aromatic rings. The maximum atomic E-state index is 12.4. The molecule has 1 fully saturated rings. The van der Waals surface area contributed by atoms with Gasteiger partial charge >= 0.3 is 0 Å². The normalized spacial score (nSPS) is 17.6. The van der Waals surface area contributed by atoms with Crippen LogP contribution in [0.5, 0.6) is 0 Å². The largest absolute Gasteiger partial charge is 0.359 e. The standard InChI is InChI=1S/C18H27N3O2/c1-14-4-6-15(7-5-14)11-20(3)13-18(23)21-9-8-16(12-21)10-17(22)19-2/h4-7,16H,8-13H2,1-3H3,(H,19,22)/t16-/m1/s1. The van der Waals surface area contributed by atoms with Gasteiger partial charge in [-0.15, -0.1) is 0 Å². The zero-order chi connectivity index (χ0) is 16.8. The number of amides is 2. The van der Waals surface area contributed by atoms with Gasteiger partial charge in [-0.25, -0.2) is 0 Å². The Hall–Kier alpha value is -1.88. The minimum Gasteiger partial charge on any atom is -0.359 e. The number of carbonyl (C=O) groups excluding carboxylic acids is 2. The van der Waals surface area contributed by atoms with Gasteiger partial charge in [-0.1, -0.05) is 29.8 Å². The Morgan fingerprint density at radius 1 is 1.30 bits per heavy atom. The van der Waals surface area contributed by atoms with Crippen LogP contribution in [0, 0.1) is 12.8 Å². The van der Waals surface area contributed by atoms with E-state index < -0.39 is 0 Å². The van der Waals surface area contributed by atoms with E-state index in [4.69, 9.17) is 0 Å². The summed E-state index contributed by atoms with van der Waals surface area (Å²) >= 11 is 0. The Labute approximate surface area is 138 Å². The van der Waals surface area contributed by atoms with Gasteiger partial charge in [0.15, 0.2) is 0 Å². The van der Waals surface area contributed by atoms with E-state index in [0.717, 1.165) is 19.5 Å². The first-order valence-electron chi connectivity index (χ1n) is 8.20. The summed E-state index contributed by atoms with van der Waals surface area (Å²) in [6.45, 7) is 4.71. The SMILES string of the molecule is CNC(=O)C[C@H]1CCN(C(=O)CN(C)Cc2ccc(C)cc2)C1. The first-order chi connectivity index (χ1) is 11.0. The number of benzene rings is 1. The highest BCUT2D eigenvalue weighted by Gasteiger charge is 2.27. The monoisotopic (exact) mass is 317 g/mol. The van der Waals surface area contributed by atoms with E-state index in [1.807, 2.05) is 16.8 Å². The summed E-state index contributed by atoms with van der Waals surface area (Å²) in [4.78, 5) is 27.7. The summed E-state index contributed by atoms with van der Waals surface area (Å²) in [6, 6.07) is 8.39. The van der Waals surface area contributed by atoms with E-state index in [0.29, 0.717) is 25.4 Å². The highest BCUT2D eigenvalue weighted by Crippen LogP contribution is 2.19. The molecule has 1 N–H and O–H groups in total. The second-order valence-corrected chi connectivity index (χ2v) is 6.53. The number of hydrogen-bond donors (Lipinski definition) is 1. The smallest absolute Gasteiger partial charge is 0.236 e. The van der Waals surface area contributed by atoms with Crippen molar-refractivity contribution in [2.45, 2.75) is 26.3 Å². The van der Waals surface area contributed by atoms with Crippen molar-refractivity contribution < 1.29 is 9.59 Å². The third kappa shape index (κ3) is 5.36. The van der Waals surface area contributed by atoms with Crippen molar-refractivity contribution in [1.82, 2.24) is 15.1 Å². The summed E-state index contributed by atoms with van der Waals surface area (Å²) < 4.78 is 0. The van der Waals surface area contributed by atoms with Crippen LogP contribution in [0.2, 0.25) is 0 Å². The molecule has 0 bridgehead atoms. The Morgan fingerprint density at radius 3 is 2.65 bits per heavy atom. The van der Waals surface area contributed by atoms with Gasteiger partial charge in [-0.05, 0) is 31.9 Å². The average molecular weight is 317 g/mol. The molecule has 1 aromatic carbocycles. The molecular weight excluding hydrogens is 290 g/mol. The topological polar surface area (TPSA) is 52.7 Å². The number of rotatable bonds is 6. The molecule has 1 atom stereocenters. The predicted molar refractivity (Wildman–Crippen MR) is 90.9 cm³/mol. The van der Waals surface area contributed by atoms with E-state index >= 15 is 0 Å². The van der Waals surface area contributed by atoms with E-state index in [1.165, 1.54) is 11.1 Å². The van der Waals surface area contributed by atoms with Gasteiger partial charge < -0.3 is 10.2 Å². The van der Waals surface area contributed by atoms with Crippen LogP contribution in [-0.4, -0.2) is 55.3 Å². The number of hydrogen-bond acceptors (Lipinski definition) is 3. The summed E-state index contributed by atoms with van der Waals surface area (Å²) in [5, 5.41) is 2.65. The summed E-state index contributed by atoms with van der Waals surface area (Å²) in [7, 11) is 3.62. The summed E-state index contributed by atoms with van der Waals surface area (Å²) in [5.74, 6) is 0.501.